The first-order valence-corrected chi connectivity index (χ1v) is 7.27. The molecule has 0 radical (unpaired) electrons. The lowest BCUT2D eigenvalue weighted by molar-refractivity contribution is 0.313. The highest BCUT2D eigenvalue weighted by Gasteiger charge is 2.29. The van der Waals surface area contributed by atoms with Crippen molar-refractivity contribution < 1.29 is 0 Å². The van der Waals surface area contributed by atoms with E-state index in [0.29, 0.717) is 17.1 Å². The molecule has 1 aliphatic rings. The van der Waals surface area contributed by atoms with Crippen LogP contribution in [0, 0.1) is 5.92 Å². The fraction of sp³-hybridized carbons (Fsp3) is 0.400. The second kappa shape index (κ2) is 5.56. The number of likely N-dealkylation sites (tertiary alicyclic amines) is 1. The third-order valence-corrected chi connectivity index (χ3v) is 4.37. The van der Waals surface area contributed by atoms with Gasteiger partial charge in [0.15, 0.2) is 0 Å². The van der Waals surface area contributed by atoms with E-state index in [2.05, 4.69) is 41.3 Å². The number of halogens is 1. The molecule has 2 aromatic rings. The average molecular weight is 291 g/mol. The zero-order valence-electron chi connectivity index (χ0n) is 11.5. The smallest absolute Gasteiger partial charge is 0.132 e. The van der Waals surface area contributed by atoms with Crippen molar-refractivity contribution in [3.05, 3.63) is 47.2 Å². The minimum atomic E-state index is 0.464. The summed E-state index contributed by atoms with van der Waals surface area (Å²) >= 11 is 6.08. The summed E-state index contributed by atoms with van der Waals surface area (Å²) in [7, 11) is 2.17. The number of hydrogen-bond donors (Lipinski definition) is 1. The molecule has 1 saturated heterocycles. The molecule has 1 aromatic heterocycles. The quantitative estimate of drug-likeness (QED) is 0.945. The first kappa shape index (κ1) is 13.6. The summed E-state index contributed by atoms with van der Waals surface area (Å²) in [6.07, 6.45) is 2.84. The van der Waals surface area contributed by atoms with Gasteiger partial charge in [-0.3, -0.25) is 4.90 Å². The molecule has 106 valence electrons. The Bertz CT molecular complexity index is 578. The second-order valence-electron chi connectivity index (χ2n) is 5.45. The number of aromatic nitrogens is 2. The van der Waals surface area contributed by atoms with Crippen molar-refractivity contribution in [3.8, 4) is 5.69 Å². The van der Waals surface area contributed by atoms with Gasteiger partial charge in [-0.25, -0.2) is 4.68 Å². The summed E-state index contributed by atoms with van der Waals surface area (Å²) in [5, 5.41) is 4.84. The minimum Gasteiger partial charge on any atom is -0.330 e. The molecule has 0 amide bonds. The lowest BCUT2D eigenvalue weighted by atomic mass is 10.00. The molecule has 1 aromatic carbocycles. The van der Waals surface area contributed by atoms with Crippen LogP contribution in [0.15, 0.2) is 36.5 Å². The first-order chi connectivity index (χ1) is 9.69. The average Bonchev–Trinajstić information content (AvgIpc) is 3.05. The van der Waals surface area contributed by atoms with E-state index in [0.717, 1.165) is 25.2 Å². The van der Waals surface area contributed by atoms with Gasteiger partial charge in [0, 0.05) is 12.6 Å². The third kappa shape index (κ3) is 2.46. The predicted molar refractivity (Wildman–Crippen MR) is 81.1 cm³/mol. The highest BCUT2D eigenvalue weighted by atomic mass is 35.5. The molecule has 0 bridgehead atoms. The van der Waals surface area contributed by atoms with Crippen molar-refractivity contribution in [1.82, 2.24) is 14.7 Å². The maximum absolute atomic E-state index is 6.08. The van der Waals surface area contributed by atoms with Crippen LogP contribution in [0.5, 0.6) is 0 Å². The Kier molecular flexibility index (Phi) is 3.78. The van der Waals surface area contributed by atoms with Crippen molar-refractivity contribution in [2.24, 2.45) is 11.7 Å². The van der Waals surface area contributed by atoms with Crippen LogP contribution in [-0.4, -0.2) is 34.8 Å². The van der Waals surface area contributed by atoms with Crippen molar-refractivity contribution in [1.29, 1.82) is 0 Å². The molecule has 1 fully saturated rings. The summed E-state index contributed by atoms with van der Waals surface area (Å²) in [4.78, 5) is 2.38. The second-order valence-corrected chi connectivity index (χ2v) is 5.84. The minimum absolute atomic E-state index is 0.464. The Morgan fingerprint density at radius 2 is 2.05 bits per heavy atom. The van der Waals surface area contributed by atoms with Crippen LogP contribution in [-0.2, 0) is 0 Å². The number of hydrogen-bond acceptors (Lipinski definition) is 3. The van der Waals surface area contributed by atoms with Crippen LogP contribution in [0.3, 0.4) is 0 Å². The predicted octanol–water partition coefficient (Wildman–Crippen LogP) is 2.48. The van der Waals surface area contributed by atoms with Gasteiger partial charge in [-0.1, -0.05) is 23.7 Å². The number of benzene rings is 1. The Hall–Kier alpha value is -1.36. The van der Waals surface area contributed by atoms with Gasteiger partial charge in [0.25, 0.3) is 0 Å². The molecule has 1 aliphatic heterocycles. The Labute approximate surface area is 124 Å². The molecule has 2 heterocycles. The van der Waals surface area contributed by atoms with Gasteiger partial charge in [0.2, 0.25) is 0 Å². The largest absolute Gasteiger partial charge is 0.330 e. The van der Waals surface area contributed by atoms with E-state index in [-0.39, 0.29) is 0 Å². The van der Waals surface area contributed by atoms with Gasteiger partial charge in [-0.15, -0.1) is 0 Å². The van der Waals surface area contributed by atoms with E-state index in [4.69, 9.17) is 17.3 Å². The van der Waals surface area contributed by atoms with Crippen LogP contribution in [0.25, 0.3) is 5.69 Å². The van der Waals surface area contributed by atoms with E-state index >= 15 is 0 Å². The molecule has 0 saturated carbocycles. The van der Waals surface area contributed by atoms with Crippen molar-refractivity contribution in [3.63, 3.8) is 0 Å². The molecule has 5 heteroatoms. The lowest BCUT2D eigenvalue weighted by Gasteiger charge is -2.19. The van der Waals surface area contributed by atoms with Gasteiger partial charge >= 0.3 is 0 Å². The number of nitrogens with zero attached hydrogens (tertiary/aromatic N) is 3. The van der Waals surface area contributed by atoms with Crippen LogP contribution in [0.1, 0.15) is 18.0 Å². The molecule has 20 heavy (non-hydrogen) atoms. The van der Waals surface area contributed by atoms with Gasteiger partial charge < -0.3 is 5.73 Å². The SMILES string of the molecule is CN1CC(CN)CC1c1ccc(-n2nccc2Cl)cc1. The molecular formula is C15H19ClN4. The van der Waals surface area contributed by atoms with Gasteiger partial charge in [0.05, 0.1) is 11.9 Å². The summed E-state index contributed by atoms with van der Waals surface area (Å²) in [6.45, 7) is 1.84. The molecule has 3 rings (SSSR count). The summed E-state index contributed by atoms with van der Waals surface area (Å²) in [5.41, 5.74) is 8.10. The molecule has 2 unspecified atom stereocenters. The van der Waals surface area contributed by atoms with Gasteiger partial charge in [-0.05, 0) is 49.7 Å². The standard InChI is InChI=1S/C15H19ClN4/c1-19-10-11(9-17)8-14(19)12-2-4-13(5-3-12)20-15(16)6-7-18-20/h2-7,11,14H,8-10,17H2,1H3. The number of rotatable bonds is 3. The van der Waals surface area contributed by atoms with Crippen LogP contribution in [0.2, 0.25) is 5.15 Å². The van der Waals surface area contributed by atoms with Gasteiger partial charge in [0.1, 0.15) is 5.15 Å². The van der Waals surface area contributed by atoms with Crippen LogP contribution >= 0.6 is 11.6 Å². The Morgan fingerprint density at radius 1 is 1.30 bits per heavy atom. The highest BCUT2D eigenvalue weighted by molar-refractivity contribution is 6.29. The normalized spacial score (nSPS) is 23.4. The monoisotopic (exact) mass is 290 g/mol. The fourth-order valence-corrected chi connectivity index (χ4v) is 3.18. The lowest BCUT2D eigenvalue weighted by Crippen LogP contribution is -2.20. The molecule has 4 nitrogen and oxygen atoms in total. The van der Waals surface area contributed by atoms with Crippen molar-refractivity contribution in [2.45, 2.75) is 12.5 Å². The first-order valence-electron chi connectivity index (χ1n) is 6.89. The highest BCUT2D eigenvalue weighted by Crippen LogP contribution is 2.33. The summed E-state index contributed by atoms with van der Waals surface area (Å²) < 4.78 is 1.73. The Morgan fingerprint density at radius 3 is 2.60 bits per heavy atom. The van der Waals surface area contributed by atoms with Crippen LogP contribution < -0.4 is 5.73 Å². The zero-order valence-corrected chi connectivity index (χ0v) is 12.3. The third-order valence-electron chi connectivity index (χ3n) is 4.09. The van der Waals surface area contributed by atoms with E-state index in [1.807, 2.05) is 0 Å². The summed E-state index contributed by atoms with van der Waals surface area (Å²) in [5.74, 6) is 0.602. The maximum Gasteiger partial charge on any atom is 0.132 e. The van der Waals surface area contributed by atoms with E-state index in [9.17, 15) is 0 Å². The zero-order chi connectivity index (χ0) is 14.1. The molecule has 2 N–H and O–H groups in total. The van der Waals surface area contributed by atoms with E-state index < -0.39 is 0 Å². The maximum atomic E-state index is 6.08. The molecular weight excluding hydrogens is 272 g/mol. The number of nitrogens with two attached hydrogens (primary N) is 1. The molecule has 0 spiro atoms. The van der Waals surface area contributed by atoms with E-state index in [1.165, 1.54) is 5.56 Å². The topological polar surface area (TPSA) is 47.1 Å². The molecule has 0 aliphatic carbocycles. The van der Waals surface area contributed by atoms with Crippen molar-refractivity contribution >= 4 is 11.6 Å². The van der Waals surface area contributed by atoms with Gasteiger partial charge in [-0.2, -0.15) is 5.10 Å². The van der Waals surface area contributed by atoms with E-state index in [1.54, 1.807) is 16.9 Å². The van der Waals surface area contributed by atoms with Crippen molar-refractivity contribution in [2.75, 3.05) is 20.1 Å². The fourth-order valence-electron chi connectivity index (χ4n) is 2.98. The Balaban J connectivity index is 1.82. The van der Waals surface area contributed by atoms with Crippen LogP contribution in [0.4, 0.5) is 0 Å². The molecule has 2 atom stereocenters. The summed E-state index contributed by atoms with van der Waals surface area (Å²) in [6, 6.07) is 10.7.